The molecule has 0 radical (unpaired) electrons. The summed E-state index contributed by atoms with van der Waals surface area (Å²) in [6.07, 6.45) is 0. The molecule has 0 aliphatic heterocycles. The molecular formula is C10H9Cl2NOS. The lowest BCUT2D eigenvalue weighted by Crippen LogP contribution is -1.84. The summed E-state index contributed by atoms with van der Waals surface area (Å²) in [7, 11) is 0. The first-order chi connectivity index (χ1) is 6.68. The lowest BCUT2D eigenvalue weighted by molar-refractivity contribution is 0.477. The maximum Gasteiger partial charge on any atom is 0.125 e. The van der Waals surface area contributed by atoms with Gasteiger partial charge in [0.05, 0.1) is 0 Å². The fraction of sp³-hybridized carbons (Fsp3) is 0. The van der Waals surface area contributed by atoms with Crippen molar-refractivity contribution in [1.29, 1.82) is 0 Å². The molecule has 3 N–H and O–H groups in total. The predicted molar refractivity (Wildman–Crippen MR) is 68.1 cm³/mol. The maximum atomic E-state index is 9.65. The van der Waals surface area contributed by atoms with E-state index in [1.807, 2.05) is 11.4 Å². The van der Waals surface area contributed by atoms with Crippen LogP contribution in [-0.4, -0.2) is 5.11 Å². The number of nitrogens with two attached hydrogens (primary N) is 1. The highest BCUT2D eigenvalue weighted by molar-refractivity contribution is 7.15. The number of hydrogen-bond donors (Lipinski definition) is 2. The van der Waals surface area contributed by atoms with Crippen LogP contribution >= 0.6 is 35.3 Å². The first-order valence-corrected chi connectivity index (χ1v) is 5.26. The number of phenolic OH excluding ortho intramolecular Hbond substituents is 1. The van der Waals surface area contributed by atoms with Crippen molar-refractivity contribution in [2.24, 2.45) is 0 Å². The SMILES string of the molecule is Cl.Nc1ccc(-c2ccsc2Cl)c(O)c1. The van der Waals surface area contributed by atoms with Crippen molar-refractivity contribution in [2.45, 2.75) is 0 Å². The Balaban J connectivity index is 0.00000112. The molecule has 2 nitrogen and oxygen atoms in total. The zero-order chi connectivity index (χ0) is 10.1. The second-order valence-corrected chi connectivity index (χ2v) is 4.40. The van der Waals surface area contributed by atoms with E-state index in [2.05, 4.69) is 0 Å². The minimum atomic E-state index is 0. The minimum Gasteiger partial charge on any atom is -0.507 e. The molecule has 1 aromatic carbocycles. The Labute approximate surface area is 103 Å². The summed E-state index contributed by atoms with van der Waals surface area (Å²) in [5.41, 5.74) is 7.62. The van der Waals surface area contributed by atoms with E-state index in [9.17, 15) is 5.11 Å². The van der Waals surface area contributed by atoms with E-state index in [-0.39, 0.29) is 18.2 Å². The van der Waals surface area contributed by atoms with Crippen LogP contribution in [0.2, 0.25) is 4.34 Å². The molecule has 0 aliphatic rings. The fourth-order valence-electron chi connectivity index (χ4n) is 1.26. The van der Waals surface area contributed by atoms with Crippen LogP contribution in [0.3, 0.4) is 0 Å². The van der Waals surface area contributed by atoms with Crippen molar-refractivity contribution in [1.82, 2.24) is 0 Å². The second-order valence-electron chi connectivity index (χ2n) is 2.88. The van der Waals surface area contributed by atoms with Gasteiger partial charge in [-0.15, -0.1) is 23.7 Å². The van der Waals surface area contributed by atoms with E-state index in [0.717, 1.165) is 5.56 Å². The van der Waals surface area contributed by atoms with E-state index in [1.165, 1.54) is 17.4 Å². The molecule has 0 aliphatic carbocycles. The minimum absolute atomic E-state index is 0. The summed E-state index contributed by atoms with van der Waals surface area (Å²) in [5.74, 6) is 0.158. The van der Waals surface area contributed by atoms with Crippen LogP contribution in [0, 0.1) is 0 Å². The van der Waals surface area contributed by atoms with E-state index in [4.69, 9.17) is 17.3 Å². The quantitative estimate of drug-likeness (QED) is 0.768. The molecule has 0 fully saturated rings. The Morgan fingerprint density at radius 2 is 1.93 bits per heavy atom. The number of phenols is 1. The standard InChI is InChI=1S/C10H8ClNOS.ClH/c11-10-8(3-4-14-10)7-2-1-6(12)5-9(7)13;/h1-5,13H,12H2;1H. The van der Waals surface area contributed by atoms with Crippen molar-refractivity contribution in [3.05, 3.63) is 34.0 Å². The summed E-state index contributed by atoms with van der Waals surface area (Å²) < 4.78 is 0.671. The molecule has 2 aromatic rings. The van der Waals surface area contributed by atoms with Gasteiger partial charge in [-0.05, 0) is 23.6 Å². The number of halogens is 2. The molecule has 0 atom stereocenters. The molecule has 0 unspecified atom stereocenters. The second kappa shape index (κ2) is 4.75. The molecule has 0 amide bonds. The number of rotatable bonds is 1. The predicted octanol–water partition coefficient (Wildman–Crippen LogP) is 3.78. The third-order valence-electron chi connectivity index (χ3n) is 1.93. The van der Waals surface area contributed by atoms with Crippen LogP contribution < -0.4 is 5.73 Å². The van der Waals surface area contributed by atoms with Gasteiger partial charge in [0.1, 0.15) is 10.1 Å². The van der Waals surface area contributed by atoms with E-state index in [0.29, 0.717) is 15.6 Å². The van der Waals surface area contributed by atoms with E-state index >= 15 is 0 Å². The van der Waals surface area contributed by atoms with Gasteiger partial charge in [-0.25, -0.2) is 0 Å². The summed E-state index contributed by atoms with van der Waals surface area (Å²) in [6.45, 7) is 0. The molecule has 2 rings (SSSR count). The van der Waals surface area contributed by atoms with Crippen molar-refractivity contribution in [3.8, 4) is 16.9 Å². The first-order valence-electron chi connectivity index (χ1n) is 4.00. The number of benzene rings is 1. The van der Waals surface area contributed by atoms with Gasteiger partial charge in [-0.3, -0.25) is 0 Å². The number of hydrogen-bond acceptors (Lipinski definition) is 3. The topological polar surface area (TPSA) is 46.2 Å². The molecule has 80 valence electrons. The zero-order valence-electron chi connectivity index (χ0n) is 7.61. The van der Waals surface area contributed by atoms with Gasteiger partial charge in [-0.1, -0.05) is 11.6 Å². The Bertz CT molecular complexity index is 470. The van der Waals surface area contributed by atoms with E-state index in [1.54, 1.807) is 12.1 Å². The maximum absolute atomic E-state index is 9.65. The van der Waals surface area contributed by atoms with Crippen LogP contribution in [0.25, 0.3) is 11.1 Å². The van der Waals surface area contributed by atoms with Crippen LogP contribution in [0.1, 0.15) is 0 Å². The summed E-state index contributed by atoms with van der Waals surface area (Å²) in [5, 5.41) is 11.5. The molecule has 5 heteroatoms. The van der Waals surface area contributed by atoms with Gasteiger partial charge in [0.15, 0.2) is 0 Å². The summed E-state index contributed by atoms with van der Waals surface area (Å²) in [6, 6.07) is 6.89. The lowest BCUT2D eigenvalue weighted by atomic mass is 10.1. The number of aromatic hydroxyl groups is 1. The number of nitrogen functional groups attached to an aromatic ring is 1. The van der Waals surface area contributed by atoms with Crippen molar-refractivity contribution >= 4 is 41.0 Å². The van der Waals surface area contributed by atoms with Crippen LogP contribution in [0.5, 0.6) is 5.75 Å². The highest BCUT2D eigenvalue weighted by atomic mass is 35.5. The van der Waals surface area contributed by atoms with Crippen LogP contribution in [0.4, 0.5) is 5.69 Å². The van der Waals surface area contributed by atoms with Crippen LogP contribution in [0.15, 0.2) is 29.6 Å². The molecule has 1 aromatic heterocycles. The van der Waals surface area contributed by atoms with Crippen molar-refractivity contribution < 1.29 is 5.11 Å². The summed E-state index contributed by atoms with van der Waals surface area (Å²) >= 11 is 7.40. The van der Waals surface area contributed by atoms with Crippen LogP contribution in [-0.2, 0) is 0 Å². The Morgan fingerprint density at radius 3 is 2.47 bits per heavy atom. The molecule has 0 spiro atoms. The smallest absolute Gasteiger partial charge is 0.125 e. The third kappa shape index (κ3) is 2.37. The first kappa shape index (κ1) is 12.2. The van der Waals surface area contributed by atoms with Crippen molar-refractivity contribution in [3.63, 3.8) is 0 Å². The van der Waals surface area contributed by atoms with Gasteiger partial charge in [0.2, 0.25) is 0 Å². The van der Waals surface area contributed by atoms with E-state index < -0.39 is 0 Å². The average molecular weight is 262 g/mol. The van der Waals surface area contributed by atoms with Gasteiger partial charge in [0, 0.05) is 22.9 Å². The molecular weight excluding hydrogens is 253 g/mol. The Morgan fingerprint density at radius 1 is 1.20 bits per heavy atom. The zero-order valence-corrected chi connectivity index (χ0v) is 9.99. The normalized spacial score (nSPS) is 9.67. The Hall–Kier alpha value is -0.900. The number of anilines is 1. The molecule has 0 saturated heterocycles. The molecule has 0 bridgehead atoms. The van der Waals surface area contributed by atoms with Gasteiger partial charge < -0.3 is 10.8 Å². The Kier molecular flexibility index (Phi) is 3.85. The largest absolute Gasteiger partial charge is 0.507 e. The highest BCUT2D eigenvalue weighted by Gasteiger charge is 2.08. The monoisotopic (exact) mass is 261 g/mol. The van der Waals surface area contributed by atoms with Crippen molar-refractivity contribution in [2.75, 3.05) is 5.73 Å². The lowest BCUT2D eigenvalue weighted by Gasteiger charge is -2.03. The molecule has 0 saturated carbocycles. The highest BCUT2D eigenvalue weighted by Crippen LogP contribution is 2.37. The van der Waals surface area contributed by atoms with Gasteiger partial charge in [-0.2, -0.15) is 0 Å². The number of thiophene rings is 1. The average Bonchev–Trinajstić information content (AvgIpc) is 2.52. The fourth-order valence-corrected chi connectivity index (χ4v) is 2.21. The van der Waals surface area contributed by atoms with Gasteiger partial charge >= 0.3 is 0 Å². The van der Waals surface area contributed by atoms with Gasteiger partial charge in [0.25, 0.3) is 0 Å². The summed E-state index contributed by atoms with van der Waals surface area (Å²) in [4.78, 5) is 0. The molecule has 1 heterocycles. The molecule has 15 heavy (non-hydrogen) atoms. The third-order valence-corrected chi connectivity index (χ3v) is 3.10.